The second-order valence-corrected chi connectivity index (χ2v) is 7.33. The summed E-state index contributed by atoms with van der Waals surface area (Å²) >= 11 is 1.32. The number of carbonyl (C=O) groups is 3. The molecule has 1 aliphatic rings. The summed E-state index contributed by atoms with van der Waals surface area (Å²) in [7, 11) is 2.40. The van der Waals surface area contributed by atoms with Gasteiger partial charge in [0, 0.05) is 21.7 Å². The molecule has 158 valence electrons. The van der Waals surface area contributed by atoms with Crippen molar-refractivity contribution < 1.29 is 29.0 Å². The molecular formula is C23H19NO6S. The first-order valence-electron chi connectivity index (χ1n) is 9.11. The summed E-state index contributed by atoms with van der Waals surface area (Å²) in [6, 6.07) is 14.2. The fourth-order valence-electron chi connectivity index (χ4n) is 2.91. The zero-order chi connectivity index (χ0) is 22.4. The van der Waals surface area contributed by atoms with Gasteiger partial charge in [0.05, 0.1) is 25.4 Å². The maximum Gasteiger partial charge on any atom is 0.355 e. The summed E-state index contributed by atoms with van der Waals surface area (Å²) < 4.78 is 9.66. The molecule has 0 radical (unpaired) electrons. The predicted molar refractivity (Wildman–Crippen MR) is 116 cm³/mol. The minimum absolute atomic E-state index is 0.0148. The van der Waals surface area contributed by atoms with Gasteiger partial charge in [-0.2, -0.15) is 0 Å². The molecule has 0 atom stereocenters. The highest BCUT2D eigenvalue weighted by molar-refractivity contribution is 7.99. The van der Waals surface area contributed by atoms with E-state index in [2.05, 4.69) is 0 Å². The summed E-state index contributed by atoms with van der Waals surface area (Å²) in [5.41, 5.74) is 0.329. The Balaban J connectivity index is 2.11. The number of nitrogens with zero attached hydrogens (tertiary/aromatic N) is 1. The van der Waals surface area contributed by atoms with Crippen LogP contribution in [0.15, 0.2) is 94.0 Å². The fraction of sp³-hybridized carbons (Fsp3) is 0.0870. The van der Waals surface area contributed by atoms with Crippen LogP contribution < -0.4 is 4.90 Å². The van der Waals surface area contributed by atoms with Gasteiger partial charge >= 0.3 is 17.9 Å². The van der Waals surface area contributed by atoms with E-state index in [0.29, 0.717) is 10.6 Å². The van der Waals surface area contributed by atoms with Crippen LogP contribution in [-0.2, 0) is 19.1 Å². The molecule has 0 bridgehead atoms. The lowest BCUT2D eigenvalue weighted by Gasteiger charge is -2.23. The van der Waals surface area contributed by atoms with Crippen LogP contribution in [0.3, 0.4) is 0 Å². The normalized spacial score (nSPS) is 13.0. The zero-order valence-electron chi connectivity index (χ0n) is 16.8. The molecule has 0 saturated carbocycles. The van der Waals surface area contributed by atoms with Crippen molar-refractivity contribution in [1.82, 2.24) is 0 Å². The SMILES string of the molecule is COC(=O)C1=C(C(=O)OC)N(c2ccc(Sc3ccccc3)c(C(=O)O)c2)C=CC=C1. The summed E-state index contributed by atoms with van der Waals surface area (Å²) in [4.78, 5) is 39.6. The molecule has 1 heterocycles. The molecule has 1 aliphatic heterocycles. The molecule has 1 N–H and O–H groups in total. The van der Waals surface area contributed by atoms with Crippen LogP contribution in [0.25, 0.3) is 0 Å². The Labute approximate surface area is 183 Å². The van der Waals surface area contributed by atoms with E-state index >= 15 is 0 Å². The third-order valence-corrected chi connectivity index (χ3v) is 5.42. The number of hydrogen-bond donors (Lipinski definition) is 1. The summed E-state index contributed by atoms with van der Waals surface area (Å²) in [5.74, 6) is -2.61. The van der Waals surface area contributed by atoms with Crippen molar-refractivity contribution >= 4 is 35.4 Å². The molecule has 8 heteroatoms. The van der Waals surface area contributed by atoms with Gasteiger partial charge in [-0.25, -0.2) is 14.4 Å². The molecule has 3 rings (SSSR count). The number of rotatable bonds is 6. The number of esters is 2. The molecule has 0 saturated heterocycles. The van der Waals surface area contributed by atoms with Crippen molar-refractivity contribution in [2.45, 2.75) is 9.79 Å². The number of anilines is 1. The van der Waals surface area contributed by atoms with Crippen molar-refractivity contribution in [3.05, 3.63) is 89.8 Å². The van der Waals surface area contributed by atoms with Gasteiger partial charge in [-0.1, -0.05) is 36.0 Å². The number of ether oxygens (including phenoxy) is 2. The summed E-state index contributed by atoms with van der Waals surface area (Å²) in [6.07, 6.45) is 6.18. The number of carbonyl (C=O) groups excluding carboxylic acids is 2. The lowest BCUT2D eigenvalue weighted by Crippen LogP contribution is -2.27. The molecule has 31 heavy (non-hydrogen) atoms. The molecule has 2 aromatic carbocycles. The molecule has 0 aromatic heterocycles. The average Bonchev–Trinajstić information content (AvgIpc) is 3.02. The Morgan fingerprint density at radius 3 is 2.29 bits per heavy atom. The van der Waals surface area contributed by atoms with Crippen LogP contribution >= 0.6 is 11.8 Å². The molecule has 0 aliphatic carbocycles. The molecule has 0 unspecified atom stereocenters. The van der Waals surface area contributed by atoms with Crippen molar-refractivity contribution in [1.29, 1.82) is 0 Å². The lowest BCUT2D eigenvalue weighted by molar-refractivity contribution is -0.139. The van der Waals surface area contributed by atoms with Gasteiger partial charge in [0.1, 0.15) is 5.70 Å². The van der Waals surface area contributed by atoms with Gasteiger partial charge in [-0.05, 0) is 42.5 Å². The number of hydrogen-bond acceptors (Lipinski definition) is 7. The van der Waals surface area contributed by atoms with E-state index < -0.39 is 17.9 Å². The monoisotopic (exact) mass is 437 g/mol. The van der Waals surface area contributed by atoms with Crippen LogP contribution in [0.1, 0.15) is 10.4 Å². The van der Waals surface area contributed by atoms with E-state index in [1.165, 1.54) is 43.0 Å². The Bertz CT molecular complexity index is 1100. The second-order valence-electron chi connectivity index (χ2n) is 6.22. The summed E-state index contributed by atoms with van der Waals surface area (Å²) in [5, 5.41) is 9.78. The third-order valence-electron chi connectivity index (χ3n) is 4.33. The van der Waals surface area contributed by atoms with Gasteiger partial charge in [0.25, 0.3) is 0 Å². The Kier molecular flexibility index (Phi) is 6.94. The Hall–Kier alpha value is -3.78. The van der Waals surface area contributed by atoms with Gasteiger partial charge in [0.2, 0.25) is 0 Å². The average molecular weight is 437 g/mol. The number of benzene rings is 2. The van der Waals surface area contributed by atoms with E-state index in [9.17, 15) is 19.5 Å². The van der Waals surface area contributed by atoms with Crippen molar-refractivity contribution in [2.75, 3.05) is 19.1 Å². The standard InChI is InChI=1S/C23H19NO6S/c1-29-22(27)17-10-6-7-13-24(20(17)23(28)30-2)15-11-12-19(18(14-15)21(25)26)31-16-8-4-3-5-9-16/h3-14H,1-2H3,(H,25,26). The maximum atomic E-state index is 12.5. The molecule has 2 aromatic rings. The van der Waals surface area contributed by atoms with Crippen molar-refractivity contribution in [3.8, 4) is 0 Å². The maximum absolute atomic E-state index is 12.5. The van der Waals surface area contributed by atoms with Crippen LogP contribution in [0, 0.1) is 0 Å². The zero-order valence-corrected chi connectivity index (χ0v) is 17.6. The highest BCUT2D eigenvalue weighted by Crippen LogP contribution is 2.34. The van der Waals surface area contributed by atoms with E-state index in [1.807, 2.05) is 30.3 Å². The minimum Gasteiger partial charge on any atom is -0.478 e. The summed E-state index contributed by atoms with van der Waals surface area (Å²) in [6.45, 7) is 0. The van der Waals surface area contributed by atoms with Crippen LogP contribution in [0.2, 0.25) is 0 Å². The van der Waals surface area contributed by atoms with E-state index in [4.69, 9.17) is 9.47 Å². The molecular weight excluding hydrogens is 418 g/mol. The number of methoxy groups -OCH3 is 2. The van der Waals surface area contributed by atoms with E-state index in [1.54, 1.807) is 30.5 Å². The predicted octanol–water partition coefficient (Wildman–Crippen LogP) is 4.03. The third kappa shape index (κ3) is 4.87. The van der Waals surface area contributed by atoms with E-state index in [-0.39, 0.29) is 16.8 Å². The highest BCUT2D eigenvalue weighted by atomic mass is 32.2. The van der Waals surface area contributed by atoms with Gasteiger partial charge in [-0.3, -0.25) is 0 Å². The van der Waals surface area contributed by atoms with Crippen molar-refractivity contribution in [3.63, 3.8) is 0 Å². The number of carboxylic acids is 1. The fourth-order valence-corrected chi connectivity index (χ4v) is 3.84. The first-order chi connectivity index (χ1) is 15.0. The van der Waals surface area contributed by atoms with Crippen LogP contribution in [0.4, 0.5) is 5.69 Å². The van der Waals surface area contributed by atoms with Gasteiger partial charge < -0.3 is 19.5 Å². The Morgan fingerprint density at radius 2 is 1.65 bits per heavy atom. The van der Waals surface area contributed by atoms with Gasteiger partial charge in [0.15, 0.2) is 0 Å². The van der Waals surface area contributed by atoms with Crippen LogP contribution in [0.5, 0.6) is 0 Å². The van der Waals surface area contributed by atoms with Gasteiger partial charge in [-0.15, -0.1) is 0 Å². The van der Waals surface area contributed by atoms with E-state index in [0.717, 1.165) is 4.90 Å². The molecule has 0 fully saturated rings. The number of carboxylic acid groups (broad SMARTS) is 1. The topological polar surface area (TPSA) is 93.1 Å². The quantitative estimate of drug-likeness (QED) is 0.678. The largest absolute Gasteiger partial charge is 0.478 e. The Morgan fingerprint density at radius 1 is 0.935 bits per heavy atom. The second kappa shape index (κ2) is 9.82. The molecule has 7 nitrogen and oxygen atoms in total. The number of aromatic carboxylic acids is 1. The first-order valence-corrected chi connectivity index (χ1v) is 9.93. The van der Waals surface area contributed by atoms with Crippen LogP contribution in [-0.4, -0.2) is 37.2 Å². The minimum atomic E-state index is -1.12. The highest BCUT2D eigenvalue weighted by Gasteiger charge is 2.28. The smallest absolute Gasteiger partial charge is 0.355 e. The first kappa shape index (κ1) is 21.9. The van der Waals surface area contributed by atoms with Crippen molar-refractivity contribution in [2.24, 2.45) is 0 Å². The molecule has 0 spiro atoms. The number of allylic oxidation sites excluding steroid dienone is 2. The lowest BCUT2D eigenvalue weighted by atomic mass is 10.1. The molecule has 0 amide bonds.